The van der Waals surface area contributed by atoms with Crippen LogP contribution in [0.25, 0.3) is 10.9 Å². The minimum absolute atomic E-state index is 0.321. The highest BCUT2D eigenvalue weighted by atomic mass is 79.9. The summed E-state index contributed by atoms with van der Waals surface area (Å²) in [6.07, 6.45) is 0. The van der Waals surface area contributed by atoms with Crippen LogP contribution in [0.1, 0.15) is 6.92 Å². The molecule has 1 heterocycles. The lowest BCUT2D eigenvalue weighted by Gasteiger charge is -2.03. The van der Waals surface area contributed by atoms with Crippen LogP contribution in [0, 0.1) is 0 Å². The highest BCUT2D eigenvalue weighted by Gasteiger charge is 2.03. The number of aromatic nitrogens is 1. The number of hydrogen-bond donors (Lipinski definition) is 0. The van der Waals surface area contributed by atoms with Crippen LogP contribution in [0.2, 0.25) is 0 Å². The van der Waals surface area contributed by atoms with E-state index >= 15 is 0 Å². The maximum absolute atomic E-state index is 10.8. The Kier molecular flexibility index (Phi) is 2.68. The average molecular weight is 266 g/mol. The average Bonchev–Trinajstić information content (AvgIpc) is 2.18. The lowest BCUT2D eigenvalue weighted by molar-refractivity contribution is -0.132. The van der Waals surface area contributed by atoms with E-state index in [9.17, 15) is 4.79 Å². The number of pyridine rings is 1. The van der Waals surface area contributed by atoms with E-state index in [0.29, 0.717) is 5.88 Å². The van der Waals surface area contributed by atoms with Crippen LogP contribution in [0.3, 0.4) is 0 Å². The Hall–Kier alpha value is -1.42. The van der Waals surface area contributed by atoms with Crippen molar-refractivity contribution in [3.63, 3.8) is 0 Å². The molecule has 15 heavy (non-hydrogen) atoms. The molecule has 2 aromatic rings. The molecule has 4 heteroatoms. The molecule has 0 aliphatic heterocycles. The molecule has 3 nitrogen and oxygen atoms in total. The molecule has 76 valence electrons. The maximum Gasteiger partial charge on any atom is 0.309 e. The predicted molar refractivity (Wildman–Crippen MR) is 60.8 cm³/mol. The van der Waals surface area contributed by atoms with Crippen molar-refractivity contribution in [2.24, 2.45) is 0 Å². The zero-order chi connectivity index (χ0) is 10.8. The van der Waals surface area contributed by atoms with E-state index in [0.717, 1.165) is 15.4 Å². The smallest absolute Gasteiger partial charge is 0.309 e. The summed E-state index contributed by atoms with van der Waals surface area (Å²) in [4.78, 5) is 15.0. The lowest BCUT2D eigenvalue weighted by atomic mass is 10.2. The fourth-order valence-corrected chi connectivity index (χ4v) is 1.77. The number of carbonyl (C=O) groups excluding carboxylic acids is 1. The van der Waals surface area contributed by atoms with E-state index < -0.39 is 0 Å². The topological polar surface area (TPSA) is 39.2 Å². The van der Waals surface area contributed by atoms with Gasteiger partial charge in [0, 0.05) is 22.8 Å². The summed E-state index contributed by atoms with van der Waals surface area (Å²) in [5.74, 6) is -0.0456. The molecule has 0 atom stereocenters. The van der Waals surface area contributed by atoms with Crippen molar-refractivity contribution in [3.05, 3.63) is 34.8 Å². The van der Waals surface area contributed by atoms with Gasteiger partial charge in [-0.3, -0.25) is 4.79 Å². The monoisotopic (exact) mass is 265 g/mol. The van der Waals surface area contributed by atoms with E-state index in [4.69, 9.17) is 4.74 Å². The summed E-state index contributed by atoms with van der Waals surface area (Å²) in [6, 6.07) is 9.32. The van der Waals surface area contributed by atoms with Crippen molar-refractivity contribution in [1.29, 1.82) is 0 Å². The number of rotatable bonds is 1. The van der Waals surface area contributed by atoms with Gasteiger partial charge in [-0.05, 0) is 28.1 Å². The van der Waals surface area contributed by atoms with E-state index in [1.807, 2.05) is 24.3 Å². The van der Waals surface area contributed by atoms with Gasteiger partial charge < -0.3 is 4.74 Å². The molecule has 0 amide bonds. The fraction of sp³-hybridized carbons (Fsp3) is 0.0909. The van der Waals surface area contributed by atoms with Gasteiger partial charge in [-0.15, -0.1) is 0 Å². The summed E-state index contributed by atoms with van der Waals surface area (Å²) in [5.41, 5.74) is 0.788. The van der Waals surface area contributed by atoms with Crippen molar-refractivity contribution in [2.75, 3.05) is 0 Å². The molecule has 0 unspecified atom stereocenters. The van der Waals surface area contributed by atoms with Crippen molar-refractivity contribution in [1.82, 2.24) is 4.98 Å². The second-order valence-corrected chi connectivity index (χ2v) is 3.91. The van der Waals surface area contributed by atoms with Crippen LogP contribution in [-0.4, -0.2) is 11.0 Å². The standard InChI is InChI=1S/C11H8BrNO2/c1-7(14)15-10-6-5-8-3-2-4-9(12)11(8)13-10/h2-6H,1H3. The first-order valence-corrected chi connectivity index (χ1v) is 5.20. The predicted octanol–water partition coefficient (Wildman–Crippen LogP) is 2.92. The van der Waals surface area contributed by atoms with E-state index in [1.165, 1.54) is 6.92 Å². The third-order valence-corrected chi connectivity index (χ3v) is 2.53. The largest absolute Gasteiger partial charge is 0.408 e. The molecule has 0 bridgehead atoms. The normalized spacial score (nSPS) is 10.3. The summed E-state index contributed by atoms with van der Waals surface area (Å²) in [5, 5.41) is 1.00. The minimum Gasteiger partial charge on any atom is -0.408 e. The molecular formula is C11H8BrNO2. The first kappa shape index (κ1) is 10.1. The highest BCUT2D eigenvalue weighted by molar-refractivity contribution is 9.10. The fourth-order valence-electron chi connectivity index (χ4n) is 1.30. The number of nitrogens with zero attached hydrogens (tertiary/aromatic N) is 1. The van der Waals surface area contributed by atoms with Crippen molar-refractivity contribution in [3.8, 4) is 5.88 Å². The van der Waals surface area contributed by atoms with Gasteiger partial charge >= 0.3 is 5.97 Å². The van der Waals surface area contributed by atoms with Gasteiger partial charge in [-0.1, -0.05) is 12.1 Å². The quantitative estimate of drug-likeness (QED) is 0.745. The SMILES string of the molecule is CC(=O)Oc1ccc2cccc(Br)c2n1. The Balaban J connectivity index is 2.54. The first-order valence-electron chi connectivity index (χ1n) is 4.40. The van der Waals surface area contributed by atoms with Crippen molar-refractivity contribution >= 4 is 32.8 Å². The third-order valence-electron chi connectivity index (χ3n) is 1.89. The molecule has 0 radical (unpaired) electrons. The van der Waals surface area contributed by atoms with Gasteiger partial charge in [0.1, 0.15) is 0 Å². The van der Waals surface area contributed by atoms with Gasteiger partial charge in [0.15, 0.2) is 0 Å². The molecule has 2 rings (SSSR count). The molecule has 0 spiro atoms. The Morgan fingerprint density at radius 3 is 2.87 bits per heavy atom. The Morgan fingerprint density at radius 2 is 2.13 bits per heavy atom. The zero-order valence-corrected chi connectivity index (χ0v) is 9.61. The van der Waals surface area contributed by atoms with Crippen LogP contribution in [-0.2, 0) is 4.79 Å². The van der Waals surface area contributed by atoms with Gasteiger partial charge in [0.2, 0.25) is 5.88 Å². The summed E-state index contributed by atoms with van der Waals surface area (Å²) in [6.45, 7) is 1.35. The number of benzene rings is 1. The Morgan fingerprint density at radius 1 is 1.33 bits per heavy atom. The van der Waals surface area contributed by atoms with E-state index in [1.54, 1.807) is 6.07 Å². The van der Waals surface area contributed by atoms with Crippen LogP contribution in [0.4, 0.5) is 0 Å². The van der Waals surface area contributed by atoms with Crippen LogP contribution in [0.5, 0.6) is 5.88 Å². The summed E-state index contributed by atoms with van der Waals surface area (Å²) >= 11 is 3.39. The summed E-state index contributed by atoms with van der Waals surface area (Å²) in [7, 11) is 0. The number of ether oxygens (including phenoxy) is 1. The molecule has 1 aromatic carbocycles. The number of para-hydroxylation sites is 1. The molecule has 0 N–H and O–H groups in total. The van der Waals surface area contributed by atoms with Crippen molar-refractivity contribution in [2.45, 2.75) is 6.92 Å². The first-order chi connectivity index (χ1) is 7.16. The number of hydrogen-bond acceptors (Lipinski definition) is 3. The van der Waals surface area contributed by atoms with Crippen molar-refractivity contribution < 1.29 is 9.53 Å². The highest BCUT2D eigenvalue weighted by Crippen LogP contribution is 2.24. The van der Waals surface area contributed by atoms with Gasteiger partial charge in [-0.25, -0.2) is 4.98 Å². The Labute approximate surface area is 95.2 Å². The van der Waals surface area contributed by atoms with Gasteiger partial charge in [0.05, 0.1) is 5.52 Å². The molecule has 0 saturated carbocycles. The molecule has 0 saturated heterocycles. The second kappa shape index (κ2) is 3.98. The molecule has 0 aliphatic rings. The third kappa shape index (κ3) is 2.15. The Bertz CT molecular complexity index is 525. The maximum atomic E-state index is 10.8. The van der Waals surface area contributed by atoms with Crippen LogP contribution in [0.15, 0.2) is 34.8 Å². The van der Waals surface area contributed by atoms with Crippen LogP contribution >= 0.6 is 15.9 Å². The number of fused-ring (bicyclic) bond motifs is 1. The van der Waals surface area contributed by atoms with Gasteiger partial charge in [-0.2, -0.15) is 0 Å². The van der Waals surface area contributed by atoms with E-state index in [2.05, 4.69) is 20.9 Å². The number of carbonyl (C=O) groups is 1. The van der Waals surface area contributed by atoms with E-state index in [-0.39, 0.29) is 5.97 Å². The number of esters is 1. The van der Waals surface area contributed by atoms with Gasteiger partial charge in [0.25, 0.3) is 0 Å². The zero-order valence-electron chi connectivity index (χ0n) is 8.03. The molecular weight excluding hydrogens is 258 g/mol. The second-order valence-electron chi connectivity index (χ2n) is 3.05. The summed E-state index contributed by atoms with van der Waals surface area (Å²) < 4.78 is 5.79. The number of halogens is 1. The molecule has 0 aliphatic carbocycles. The molecule has 0 fully saturated rings. The molecule has 1 aromatic heterocycles. The minimum atomic E-state index is -0.367. The lowest BCUT2D eigenvalue weighted by Crippen LogP contribution is -2.02. The van der Waals surface area contributed by atoms with Crippen LogP contribution < -0.4 is 4.74 Å².